The average Bonchev–Trinajstić information content (AvgIpc) is 3.25. The molecule has 3 N–H and O–H groups in total. The highest BCUT2D eigenvalue weighted by atomic mass is 16.5. The third-order valence-corrected chi connectivity index (χ3v) is 7.70. The Balaban J connectivity index is 1.20. The van der Waals surface area contributed by atoms with Crippen LogP contribution in [0.3, 0.4) is 0 Å². The van der Waals surface area contributed by atoms with Crippen LogP contribution in [-0.2, 0) is 25.7 Å². The molecule has 1 saturated carbocycles. The lowest BCUT2D eigenvalue weighted by Crippen LogP contribution is -2.65. The molecule has 0 radical (unpaired) electrons. The fourth-order valence-corrected chi connectivity index (χ4v) is 5.33. The van der Waals surface area contributed by atoms with E-state index in [0.717, 1.165) is 34.2 Å². The Morgan fingerprint density at radius 2 is 1.51 bits per heavy atom. The van der Waals surface area contributed by atoms with Crippen molar-refractivity contribution in [1.29, 1.82) is 0 Å². The maximum atomic E-state index is 13.3. The number of aliphatic carboxylic acids is 1. The van der Waals surface area contributed by atoms with Crippen LogP contribution < -0.4 is 10.6 Å². The minimum Gasteiger partial charge on any atom is -0.480 e. The zero-order valence-corrected chi connectivity index (χ0v) is 21.8. The Labute approximate surface area is 227 Å². The SMILES string of the molecule is CC(OCc1ccccc1)C(NC(=O)C1(NC(=O)OCC2c3ccccc3-c3ccccc32)CCC1)C(=O)O. The third-order valence-electron chi connectivity index (χ3n) is 7.70. The summed E-state index contributed by atoms with van der Waals surface area (Å²) < 4.78 is 11.4. The lowest BCUT2D eigenvalue weighted by molar-refractivity contribution is -0.148. The van der Waals surface area contributed by atoms with Gasteiger partial charge in [0.05, 0.1) is 12.7 Å². The van der Waals surface area contributed by atoms with E-state index >= 15 is 0 Å². The first-order chi connectivity index (χ1) is 18.9. The minimum absolute atomic E-state index is 0.103. The number of benzene rings is 3. The summed E-state index contributed by atoms with van der Waals surface area (Å²) in [5.41, 5.74) is 4.12. The monoisotopic (exact) mass is 528 g/mol. The molecule has 2 aliphatic rings. The quantitative estimate of drug-likeness (QED) is 0.354. The van der Waals surface area contributed by atoms with Gasteiger partial charge >= 0.3 is 12.1 Å². The number of hydrogen-bond acceptors (Lipinski definition) is 5. The number of ether oxygens (including phenoxy) is 2. The van der Waals surface area contributed by atoms with Crippen molar-refractivity contribution >= 4 is 18.0 Å². The lowest BCUT2D eigenvalue weighted by atomic mass is 9.76. The smallest absolute Gasteiger partial charge is 0.408 e. The molecule has 8 nitrogen and oxygen atoms in total. The van der Waals surface area contributed by atoms with E-state index in [2.05, 4.69) is 22.8 Å². The van der Waals surface area contributed by atoms with E-state index in [9.17, 15) is 19.5 Å². The van der Waals surface area contributed by atoms with Gasteiger partial charge in [0.25, 0.3) is 0 Å². The molecule has 1 fully saturated rings. The summed E-state index contributed by atoms with van der Waals surface area (Å²) in [5, 5.41) is 15.1. The molecule has 2 amide bonds. The number of carbonyl (C=O) groups excluding carboxylic acids is 2. The molecule has 0 bridgehead atoms. The van der Waals surface area contributed by atoms with Crippen molar-refractivity contribution in [3.8, 4) is 11.1 Å². The highest BCUT2D eigenvalue weighted by molar-refractivity contribution is 5.93. The van der Waals surface area contributed by atoms with Crippen molar-refractivity contribution in [3.63, 3.8) is 0 Å². The Morgan fingerprint density at radius 3 is 2.08 bits per heavy atom. The predicted octanol–water partition coefficient (Wildman–Crippen LogP) is 4.62. The number of carboxylic acid groups (broad SMARTS) is 1. The van der Waals surface area contributed by atoms with Gasteiger partial charge in [-0.1, -0.05) is 78.9 Å². The number of carbonyl (C=O) groups is 3. The molecule has 2 aliphatic carbocycles. The van der Waals surface area contributed by atoms with Crippen LogP contribution in [0, 0.1) is 0 Å². The molecule has 5 rings (SSSR count). The molecule has 202 valence electrons. The van der Waals surface area contributed by atoms with E-state index in [0.29, 0.717) is 12.8 Å². The van der Waals surface area contributed by atoms with E-state index in [-0.39, 0.29) is 19.1 Å². The summed E-state index contributed by atoms with van der Waals surface area (Å²) in [5.74, 6) is -1.86. The number of nitrogens with one attached hydrogen (secondary N) is 2. The van der Waals surface area contributed by atoms with Crippen molar-refractivity contribution in [3.05, 3.63) is 95.6 Å². The molecule has 0 spiro atoms. The molecule has 2 unspecified atom stereocenters. The van der Waals surface area contributed by atoms with Crippen molar-refractivity contribution < 1.29 is 29.0 Å². The first kappa shape index (κ1) is 26.4. The molecule has 2 atom stereocenters. The summed E-state index contributed by atoms with van der Waals surface area (Å²) >= 11 is 0. The molecule has 8 heteroatoms. The van der Waals surface area contributed by atoms with Crippen LogP contribution in [0.15, 0.2) is 78.9 Å². The molecule has 0 aliphatic heterocycles. The Kier molecular flexibility index (Phi) is 7.65. The minimum atomic E-state index is -1.28. The van der Waals surface area contributed by atoms with Gasteiger partial charge in [-0.3, -0.25) is 4.79 Å². The molecule has 0 saturated heterocycles. The number of amides is 2. The van der Waals surface area contributed by atoms with Gasteiger partial charge in [0.15, 0.2) is 6.04 Å². The van der Waals surface area contributed by atoms with E-state index in [4.69, 9.17) is 9.47 Å². The highest BCUT2D eigenvalue weighted by Gasteiger charge is 2.47. The van der Waals surface area contributed by atoms with Crippen LogP contribution in [0.4, 0.5) is 4.79 Å². The Bertz CT molecular complexity index is 1310. The van der Waals surface area contributed by atoms with Gasteiger partial charge < -0.3 is 25.2 Å². The second-order valence-electron chi connectivity index (χ2n) is 10.2. The van der Waals surface area contributed by atoms with Gasteiger partial charge in [0, 0.05) is 5.92 Å². The number of rotatable bonds is 10. The maximum Gasteiger partial charge on any atom is 0.408 e. The second-order valence-corrected chi connectivity index (χ2v) is 10.2. The number of hydrogen-bond donors (Lipinski definition) is 3. The normalized spacial score (nSPS) is 16.6. The van der Waals surface area contributed by atoms with E-state index in [1.54, 1.807) is 6.92 Å². The number of carboxylic acids is 1. The molecule has 3 aromatic carbocycles. The van der Waals surface area contributed by atoms with Crippen molar-refractivity contribution in [1.82, 2.24) is 10.6 Å². The van der Waals surface area contributed by atoms with Gasteiger partial charge in [-0.25, -0.2) is 9.59 Å². The lowest BCUT2D eigenvalue weighted by Gasteiger charge is -2.41. The fraction of sp³-hybridized carbons (Fsp3) is 0.323. The van der Waals surface area contributed by atoms with Crippen LogP contribution in [0.1, 0.15) is 48.8 Å². The van der Waals surface area contributed by atoms with E-state index in [1.807, 2.05) is 66.7 Å². The number of alkyl carbamates (subject to hydrolysis) is 1. The van der Waals surface area contributed by atoms with Crippen LogP contribution >= 0.6 is 0 Å². The first-order valence-corrected chi connectivity index (χ1v) is 13.2. The molecule has 3 aromatic rings. The van der Waals surface area contributed by atoms with Gasteiger partial charge in [-0.2, -0.15) is 0 Å². The zero-order valence-electron chi connectivity index (χ0n) is 21.8. The molecule has 0 aromatic heterocycles. The van der Waals surface area contributed by atoms with Gasteiger partial charge in [0.2, 0.25) is 5.91 Å². The first-order valence-electron chi connectivity index (χ1n) is 13.2. The number of fused-ring (bicyclic) bond motifs is 3. The maximum absolute atomic E-state index is 13.3. The van der Waals surface area contributed by atoms with Crippen molar-refractivity contribution in [2.45, 2.75) is 56.4 Å². The van der Waals surface area contributed by atoms with Crippen molar-refractivity contribution in [2.24, 2.45) is 0 Å². The topological polar surface area (TPSA) is 114 Å². The zero-order chi connectivity index (χ0) is 27.4. The van der Waals surface area contributed by atoms with Crippen LogP contribution in [0.2, 0.25) is 0 Å². The molecular formula is C31H32N2O6. The van der Waals surface area contributed by atoms with Gasteiger partial charge in [-0.15, -0.1) is 0 Å². The average molecular weight is 529 g/mol. The highest BCUT2D eigenvalue weighted by Crippen LogP contribution is 2.44. The van der Waals surface area contributed by atoms with E-state index in [1.165, 1.54) is 0 Å². The summed E-state index contributed by atoms with van der Waals surface area (Å²) in [6.45, 7) is 1.94. The van der Waals surface area contributed by atoms with Gasteiger partial charge in [0.1, 0.15) is 12.1 Å². The summed E-state index contributed by atoms with van der Waals surface area (Å²) in [6.07, 6.45) is 0.0307. The Hall–Kier alpha value is -4.17. The summed E-state index contributed by atoms with van der Waals surface area (Å²) in [7, 11) is 0. The molecule has 0 heterocycles. The van der Waals surface area contributed by atoms with Crippen LogP contribution in [-0.4, -0.2) is 47.4 Å². The largest absolute Gasteiger partial charge is 0.480 e. The van der Waals surface area contributed by atoms with Crippen LogP contribution in [0.5, 0.6) is 0 Å². The molecular weight excluding hydrogens is 496 g/mol. The van der Waals surface area contributed by atoms with E-state index < -0.39 is 35.7 Å². The summed E-state index contributed by atoms with van der Waals surface area (Å²) in [6, 6.07) is 24.2. The van der Waals surface area contributed by atoms with Crippen LogP contribution in [0.25, 0.3) is 11.1 Å². The third kappa shape index (κ3) is 5.52. The summed E-state index contributed by atoms with van der Waals surface area (Å²) in [4.78, 5) is 38.1. The fourth-order valence-electron chi connectivity index (χ4n) is 5.33. The molecule has 39 heavy (non-hydrogen) atoms. The van der Waals surface area contributed by atoms with Gasteiger partial charge in [-0.05, 0) is 54.0 Å². The predicted molar refractivity (Wildman–Crippen MR) is 145 cm³/mol. The Morgan fingerprint density at radius 1 is 0.923 bits per heavy atom. The second kappa shape index (κ2) is 11.3. The standard InChI is InChI=1S/C31H32N2O6/c1-20(38-18-21-10-3-2-4-11-21)27(28(34)35)32-29(36)31(16-9-17-31)33-30(37)39-19-26-24-14-7-5-12-22(24)23-13-6-8-15-25(23)26/h2-8,10-15,20,26-27H,9,16-19H2,1H3,(H,32,36)(H,33,37)(H,34,35). The van der Waals surface area contributed by atoms with Crippen molar-refractivity contribution in [2.75, 3.05) is 6.61 Å².